The summed E-state index contributed by atoms with van der Waals surface area (Å²) in [5.74, 6) is 0.716. The second-order valence-corrected chi connectivity index (χ2v) is 6.74. The zero-order valence-corrected chi connectivity index (χ0v) is 17.2. The number of anilines is 1. The molecule has 1 heterocycles. The molecule has 0 unspecified atom stereocenters. The van der Waals surface area contributed by atoms with Gasteiger partial charge in [-0.1, -0.05) is 23.7 Å². The van der Waals surface area contributed by atoms with Gasteiger partial charge in [0.1, 0.15) is 16.6 Å². The fourth-order valence-corrected chi connectivity index (χ4v) is 3.09. The van der Waals surface area contributed by atoms with Crippen molar-refractivity contribution in [1.29, 1.82) is 0 Å². The summed E-state index contributed by atoms with van der Waals surface area (Å²) in [7, 11) is 1.58. The number of ether oxygens (including phenoxy) is 1. The summed E-state index contributed by atoms with van der Waals surface area (Å²) in [5, 5.41) is 30.8. The molecule has 2 aromatic carbocycles. The lowest BCUT2D eigenvalue weighted by atomic mass is 10.2. The lowest BCUT2D eigenvalue weighted by molar-refractivity contribution is -0.393. The molecular weight excluding hydrogens is 428 g/mol. The molecule has 11 nitrogen and oxygen atoms in total. The van der Waals surface area contributed by atoms with Crippen LogP contribution in [0.3, 0.4) is 0 Å². The third-order valence-corrected chi connectivity index (χ3v) is 4.74. The first-order valence-corrected chi connectivity index (χ1v) is 9.25. The highest BCUT2D eigenvalue weighted by molar-refractivity contribution is 6.32. The molecule has 0 aliphatic rings. The van der Waals surface area contributed by atoms with Gasteiger partial charge in [0.2, 0.25) is 0 Å². The van der Waals surface area contributed by atoms with E-state index in [2.05, 4.69) is 15.6 Å². The van der Waals surface area contributed by atoms with Crippen molar-refractivity contribution in [2.24, 2.45) is 5.10 Å². The first-order valence-electron chi connectivity index (χ1n) is 8.88. The lowest BCUT2D eigenvalue weighted by Crippen LogP contribution is -2.02. The number of hydrogen-bond acceptors (Lipinski definition) is 8. The van der Waals surface area contributed by atoms with Crippen molar-refractivity contribution in [3.05, 3.63) is 84.7 Å². The largest absolute Gasteiger partial charge is 0.497 e. The second-order valence-electron chi connectivity index (χ2n) is 6.38. The zero-order chi connectivity index (χ0) is 22.5. The van der Waals surface area contributed by atoms with E-state index < -0.39 is 15.5 Å². The number of non-ortho nitro benzene ring substituents is 1. The molecule has 3 rings (SSSR count). The van der Waals surface area contributed by atoms with Gasteiger partial charge in [-0.05, 0) is 30.7 Å². The van der Waals surface area contributed by atoms with Crippen LogP contribution in [0.4, 0.5) is 17.1 Å². The number of benzene rings is 2. The third-order valence-electron chi connectivity index (χ3n) is 4.34. The van der Waals surface area contributed by atoms with Crippen LogP contribution in [0.2, 0.25) is 5.15 Å². The molecule has 0 saturated carbocycles. The SMILES string of the molecule is COc1cccc(Cn2nc(C)c(/C=N/Nc3ccc([N+](=O)[O-])cc3[N+](=O)[O-])c2Cl)c1. The maximum Gasteiger partial charge on any atom is 0.301 e. The predicted octanol–water partition coefficient (Wildman–Crippen LogP) is 4.16. The number of halogens is 1. The molecule has 0 fully saturated rings. The van der Waals surface area contributed by atoms with Gasteiger partial charge in [-0.2, -0.15) is 10.2 Å². The van der Waals surface area contributed by atoms with Crippen molar-refractivity contribution in [1.82, 2.24) is 9.78 Å². The van der Waals surface area contributed by atoms with E-state index in [0.29, 0.717) is 28.7 Å². The van der Waals surface area contributed by atoms with Gasteiger partial charge < -0.3 is 4.74 Å². The van der Waals surface area contributed by atoms with Crippen LogP contribution in [0.1, 0.15) is 16.8 Å². The summed E-state index contributed by atoms with van der Waals surface area (Å²) in [6.45, 7) is 2.16. The summed E-state index contributed by atoms with van der Waals surface area (Å²) in [6, 6.07) is 10.7. The van der Waals surface area contributed by atoms with E-state index in [1.54, 1.807) is 18.7 Å². The molecule has 1 N–H and O–H groups in total. The third kappa shape index (κ3) is 4.95. The van der Waals surface area contributed by atoms with E-state index in [1.807, 2.05) is 24.3 Å². The first kappa shape index (κ1) is 21.7. The fourth-order valence-electron chi connectivity index (χ4n) is 2.81. The standard InChI is InChI=1S/C19H17ClN6O5/c1-12-16(19(20)24(23-12)11-13-4-3-5-15(8-13)31-2)10-21-22-17-7-6-14(25(27)28)9-18(17)26(29)30/h3-10,22H,11H2,1-2H3/b21-10+. The molecule has 0 aliphatic carbocycles. The van der Waals surface area contributed by atoms with Gasteiger partial charge in [0.25, 0.3) is 5.69 Å². The van der Waals surface area contributed by atoms with Crippen molar-refractivity contribution < 1.29 is 14.6 Å². The number of nitrogens with zero attached hydrogens (tertiary/aromatic N) is 5. The normalized spacial score (nSPS) is 10.9. The first-order chi connectivity index (χ1) is 14.8. The minimum absolute atomic E-state index is 0.00407. The van der Waals surface area contributed by atoms with Gasteiger partial charge >= 0.3 is 5.69 Å². The lowest BCUT2D eigenvalue weighted by Gasteiger charge is -2.06. The van der Waals surface area contributed by atoms with Crippen LogP contribution in [0, 0.1) is 27.2 Å². The number of hydrogen-bond donors (Lipinski definition) is 1. The van der Waals surface area contributed by atoms with E-state index in [9.17, 15) is 20.2 Å². The predicted molar refractivity (Wildman–Crippen MR) is 115 cm³/mol. The van der Waals surface area contributed by atoms with Gasteiger partial charge in [0.15, 0.2) is 0 Å². The monoisotopic (exact) mass is 444 g/mol. The Hall–Kier alpha value is -3.99. The van der Waals surface area contributed by atoms with Crippen LogP contribution in [0.15, 0.2) is 47.6 Å². The Morgan fingerprint density at radius 3 is 2.68 bits per heavy atom. The number of rotatable bonds is 8. The molecular formula is C19H17ClN6O5. The molecule has 0 spiro atoms. The van der Waals surface area contributed by atoms with Gasteiger partial charge in [-0.15, -0.1) is 0 Å². The average molecular weight is 445 g/mol. The van der Waals surface area contributed by atoms with E-state index in [1.165, 1.54) is 12.3 Å². The van der Waals surface area contributed by atoms with E-state index in [-0.39, 0.29) is 11.4 Å². The van der Waals surface area contributed by atoms with Crippen LogP contribution >= 0.6 is 11.6 Å². The quantitative estimate of drug-likeness (QED) is 0.312. The maximum atomic E-state index is 11.2. The molecule has 160 valence electrons. The second kappa shape index (κ2) is 9.22. The summed E-state index contributed by atoms with van der Waals surface area (Å²) in [4.78, 5) is 20.6. The summed E-state index contributed by atoms with van der Waals surface area (Å²) in [6.07, 6.45) is 1.39. The van der Waals surface area contributed by atoms with Gasteiger partial charge in [0.05, 0.1) is 47.0 Å². The molecule has 3 aromatic rings. The molecule has 0 atom stereocenters. The Morgan fingerprint density at radius 1 is 1.23 bits per heavy atom. The van der Waals surface area contributed by atoms with Crippen molar-refractivity contribution in [3.8, 4) is 5.75 Å². The van der Waals surface area contributed by atoms with Crippen LogP contribution < -0.4 is 10.2 Å². The Kier molecular flexibility index (Phi) is 6.46. The van der Waals surface area contributed by atoms with Crippen molar-refractivity contribution in [2.45, 2.75) is 13.5 Å². The number of nitro groups is 2. The number of aromatic nitrogens is 2. The minimum Gasteiger partial charge on any atom is -0.497 e. The zero-order valence-electron chi connectivity index (χ0n) is 16.5. The molecule has 0 aliphatic heterocycles. The van der Waals surface area contributed by atoms with Crippen molar-refractivity contribution in [2.75, 3.05) is 12.5 Å². The Bertz CT molecular complexity index is 1180. The summed E-state index contributed by atoms with van der Waals surface area (Å²) >= 11 is 6.44. The molecule has 0 radical (unpaired) electrons. The molecule has 12 heteroatoms. The Labute approximate surface area is 181 Å². The van der Waals surface area contributed by atoms with E-state index in [0.717, 1.165) is 17.7 Å². The van der Waals surface area contributed by atoms with Crippen LogP contribution in [0.25, 0.3) is 0 Å². The van der Waals surface area contributed by atoms with Crippen molar-refractivity contribution in [3.63, 3.8) is 0 Å². The van der Waals surface area contributed by atoms with E-state index in [4.69, 9.17) is 16.3 Å². The highest BCUT2D eigenvalue weighted by Crippen LogP contribution is 2.29. The molecule has 31 heavy (non-hydrogen) atoms. The summed E-state index contributed by atoms with van der Waals surface area (Å²) in [5.41, 5.74) is 3.75. The van der Waals surface area contributed by atoms with Crippen molar-refractivity contribution >= 4 is 34.9 Å². The Morgan fingerprint density at radius 2 is 2.00 bits per heavy atom. The highest BCUT2D eigenvalue weighted by Gasteiger charge is 2.19. The maximum absolute atomic E-state index is 11.2. The molecule has 0 bridgehead atoms. The average Bonchev–Trinajstić information content (AvgIpc) is 3.01. The van der Waals surface area contributed by atoms with Crippen LogP contribution in [-0.4, -0.2) is 33.0 Å². The molecule has 0 saturated heterocycles. The molecule has 1 aromatic heterocycles. The smallest absolute Gasteiger partial charge is 0.301 e. The fraction of sp³-hybridized carbons (Fsp3) is 0.158. The Balaban J connectivity index is 1.80. The van der Waals surface area contributed by atoms with Crippen LogP contribution in [0.5, 0.6) is 5.75 Å². The number of hydrazone groups is 1. The highest BCUT2D eigenvalue weighted by atomic mass is 35.5. The minimum atomic E-state index is -0.727. The number of nitro benzene ring substituents is 2. The number of aryl methyl sites for hydroxylation is 1. The summed E-state index contributed by atoms with van der Waals surface area (Å²) < 4.78 is 6.81. The van der Waals surface area contributed by atoms with Gasteiger partial charge in [0, 0.05) is 6.07 Å². The van der Waals surface area contributed by atoms with Crippen LogP contribution in [-0.2, 0) is 6.54 Å². The number of methoxy groups -OCH3 is 1. The number of nitrogens with one attached hydrogen (secondary N) is 1. The molecule has 0 amide bonds. The van der Waals surface area contributed by atoms with Gasteiger partial charge in [-0.25, -0.2) is 4.68 Å². The van der Waals surface area contributed by atoms with E-state index >= 15 is 0 Å². The van der Waals surface area contributed by atoms with Gasteiger partial charge in [-0.3, -0.25) is 25.7 Å². The topological polar surface area (TPSA) is 138 Å².